The number of nitrogens with zero attached hydrogens (tertiary/aromatic N) is 1. The molecule has 0 aromatic heterocycles. The first-order valence-corrected chi connectivity index (χ1v) is 12.2. The van der Waals surface area contributed by atoms with Crippen LogP contribution in [0.1, 0.15) is 30.0 Å². The minimum Gasteiger partial charge on any atom is -0.399 e. The van der Waals surface area contributed by atoms with E-state index >= 15 is 0 Å². The molecule has 10 heteroatoms. The Labute approximate surface area is 193 Å². The van der Waals surface area contributed by atoms with E-state index < -0.39 is 22.1 Å². The van der Waals surface area contributed by atoms with Crippen molar-refractivity contribution in [3.05, 3.63) is 75.8 Å². The molecule has 0 fully saturated rings. The number of carbonyl (C=O) groups excluding carboxylic acids is 2. The van der Waals surface area contributed by atoms with Crippen molar-refractivity contribution in [2.45, 2.75) is 37.6 Å². The topological polar surface area (TPSA) is 136 Å². The fourth-order valence-corrected chi connectivity index (χ4v) is 5.23. The number of primary amides is 1. The number of carbonyl (C=O) groups is 2. The smallest absolute Gasteiger partial charge is 0.257 e. The molecule has 2 aromatic rings. The normalized spacial score (nSPS) is 15.9. The van der Waals surface area contributed by atoms with E-state index in [0.29, 0.717) is 35.5 Å². The Morgan fingerprint density at radius 3 is 2.16 bits per heavy atom. The lowest BCUT2D eigenvalue weighted by molar-refractivity contribution is -0.119. The van der Waals surface area contributed by atoms with Gasteiger partial charge in [0.15, 0.2) is 5.50 Å². The van der Waals surface area contributed by atoms with Gasteiger partial charge in [0.05, 0.1) is 10.7 Å². The zero-order valence-electron chi connectivity index (χ0n) is 17.6. The van der Waals surface area contributed by atoms with Crippen molar-refractivity contribution >= 4 is 40.0 Å². The highest BCUT2D eigenvalue weighted by Crippen LogP contribution is 2.40. The third-order valence-electron chi connectivity index (χ3n) is 4.99. The molecule has 1 heterocycles. The minimum absolute atomic E-state index is 0.0116. The van der Waals surface area contributed by atoms with E-state index in [0.717, 1.165) is 16.8 Å². The van der Waals surface area contributed by atoms with E-state index in [1.807, 2.05) is 41.3 Å². The van der Waals surface area contributed by atoms with Crippen LogP contribution >= 0.6 is 11.8 Å². The number of hydrogen-bond acceptors (Lipinski definition) is 7. The Balaban J connectivity index is 1.86. The van der Waals surface area contributed by atoms with Crippen molar-refractivity contribution in [1.29, 1.82) is 0 Å². The summed E-state index contributed by atoms with van der Waals surface area (Å²) in [6, 6.07) is 14.8. The van der Waals surface area contributed by atoms with Crippen LogP contribution in [-0.2, 0) is 39.0 Å². The highest BCUT2D eigenvalue weighted by atomic mass is 32.2. The summed E-state index contributed by atoms with van der Waals surface area (Å²) in [6.45, 7) is 1.85. The van der Waals surface area contributed by atoms with E-state index in [2.05, 4.69) is 5.32 Å². The average Bonchev–Trinajstić information content (AvgIpc) is 3.05. The zero-order chi connectivity index (χ0) is 23.3. The highest BCUT2D eigenvalue weighted by molar-refractivity contribution is 8.04. The predicted molar refractivity (Wildman–Crippen MR) is 127 cm³/mol. The van der Waals surface area contributed by atoms with E-state index in [9.17, 15) is 18.0 Å². The van der Waals surface area contributed by atoms with Gasteiger partial charge in [-0.05, 0) is 41.7 Å². The van der Waals surface area contributed by atoms with Crippen molar-refractivity contribution in [3.63, 3.8) is 0 Å². The Kier molecular flexibility index (Phi) is 7.81. The number of thioether (sulfide) groups is 1. The van der Waals surface area contributed by atoms with Crippen LogP contribution in [0.2, 0.25) is 0 Å². The zero-order valence-corrected chi connectivity index (χ0v) is 19.3. The number of nitrogens with two attached hydrogens (primary N) is 2. The van der Waals surface area contributed by atoms with E-state index in [4.69, 9.17) is 11.5 Å². The van der Waals surface area contributed by atoms with Gasteiger partial charge in [-0.3, -0.25) is 9.59 Å². The fraction of sp³-hybridized carbons (Fsp3) is 0.273. The van der Waals surface area contributed by atoms with Crippen LogP contribution in [0.5, 0.6) is 0 Å². The van der Waals surface area contributed by atoms with Crippen LogP contribution in [0.15, 0.2) is 59.1 Å². The summed E-state index contributed by atoms with van der Waals surface area (Å²) in [6.07, 6.45) is 1.23. The summed E-state index contributed by atoms with van der Waals surface area (Å²) >= 11 is 1.23. The maximum Gasteiger partial charge on any atom is 0.257 e. The van der Waals surface area contributed by atoms with E-state index in [1.165, 1.54) is 18.7 Å². The van der Waals surface area contributed by atoms with Gasteiger partial charge in [0.2, 0.25) is 5.91 Å². The number of benzene rings is 2. The first-order chi connectivity index (χ1) is 15.2. The number of anilines is 1. The molecule has 5 N–H and O–H groups in total. The Bertz CT molecular complexity index is 1090. The van der Waals surface area contributed by atoms with Gasteiger partial charge in [-0.15, -0.1) is 0 Å². The maximum absolute atomic E-state index is 12.2. The van der Waals surface area contributed by atoms with E-state index in [-0.39, 0.29) is 11.7 Å². The van der Waals surface area contributed by atoms with Gasteiger partial charge in [-0.1, -0.05) is 48.2 Å². The second-order valence-corrected chi connectivity index (χ2v) is 9.56. The molecule has 1 aliphatic rings. The van der Waals surface area contributed by atoms with Crippen LogP contribution in [0.25, 0.3) is 0 Å². The fourth-order valence-electron chi connectivity index (χ4n) is 3.48. The molecule has 0 saturated carbocycles. The Hall–Kier alpha value is -2.98. The van der Waals surface area contributed by atoms with Crippen molar-refractivity contribution in [2.75, 3.05) is 5.73 Å². The second-order valence-electron chi connectivity index (χ2n) is 7.49. The SMILES string of the molecule is CC(=O)NC1SC(C(N)=O)=C(CCc2ccc(N)cc2)N1Cc1ccc(C[SH](=O)=O)cc1. The molecule has 0 saturated heterocycles. The van der Waals surface area contributed by atoms with Crippen molar-refractivity contribution < 1.29 is 18.0 Å². The molecule has 32 heavy (non-hydrogen) atoms. The first kappa shape index (κ1) is 23.7. The number of nitrogens with one attached hydrogen (secondary N) is 1. The summed E-state index contributed by atoms with van der Waals surface area (Å²) in [4.78, 5) is 26.4. The number of allylic oxidation sites excluding steroid dienone is 1. The number of nitrogen functional groups attached to an aromatic ring is 1. The Morgan fingerprint density at radius 2 is 1.59 bits per heavy atom. The molecule has 8 nitrogen and oxygen atoms in total. The average molecular weight is 475 g/mol. The van der Waals surface area contributed by atoms with Gasteiger partial charge in [0, 0.05) is 24.9 Å². The number of thiol groups is 1. The van der Waals surface area contributed by atoms with Crippen molar-refractivity contribution in [3.8, 4) is 0 Å². The highest BCUT2D eigenvalue weighted by Gasteiger charge is 2.35. The number of rotatable bonds is 9. The molecule has 2 aromatic carbocycles. The molecule has 3 rings (SSSR count). The monoisotopic (exact) mass is 474 g/mol. The van der Waals surface area contributed by atoms with Crippen LogP contribution in [-0.4, -0.2) is 30.6 Å². The molecular weight excluding hydrogens is 448 g/mol. The first-order valence-electron chi connectivity index (χ1n) is 10.0. The van der Waals surface area contributed by atoms with Crippen molar-refractivity contribution in [1.82, 2.24) is 10.2 Å². The van der Waals surface area contributed by atoms with Gasteiger partial charge in [0.25, 0.3) is 5.91 Å². The molecule has 170 valence electrons. The van der Waals surface area contributed by atoms with Crippen LogP contribution in [0.3, 0.4) is 0 Å². The molecule has 0 radical (unpaired) electrons. The quantitative estimate of drug-likeness (QED) is 0.321. The third kappa shape index (κ3) is 6.27. The molecule has 2 amide bonds. The molecule has 0 bridgehead atoms. The van der Waals surface area contributed by atoms with Gasteiger partial charge in [-0.25, -0.2) is 8.42 Å². The molecule has 0 aliphatic carbocycles. The van der Waals surface area contributed by atoms with Crippen molar-refractivity contribution in [2.24, 2.45) is 5.73 Å². The molecule has 1 unspecified atom stereocenters. The number of aryl methyl sites for hydroxylation is 1. The number of hydrogen-bond donors (Lipinski definition) is 4. The number of amides is 2. The van der Waals surface area contributed by atoms with Gasteiger partial charge >= 0.3 is 0 Å². The third-order valence-corrected chi connectivity index (χ3v) is 6.88. The summed E-state index contributed by atoms with van der Waals surface area (Å²) in [5.74, 6) is -0.761. The van der Waals surface area contributed by atoms with Gasteiger partial charge in [-0.2, -0.15) is 0 Å². The van der Waals surface area contributed by atoms with Gasteiger partial charge in [0.1, 0.15) is 10.7 Å². The summed E-state index contributed by atoms with van der Waals surface area (Å²) in [7, 11) is -2.49. The lowest BCUT2D eigenvalue weighted by atomic mass is 10.1. The summed E-state index contributed by atoms with van der Waals surface area (Å²) in [5, 5.41) is 2.87. The largest absolute Gasteiger partial charge is 0.399 e. The summed E-state index contributed by atoms with van der Waals surface area (Å²) < 4.78 is 21.9. The van der Waals surface area contributed by atoms with Crippen LogP contribution in [0.4, 0.5) is 5.69 Å². The standard InChI is InChI=1S/C22H26N4O4S2/c1-14(27)25-22-26(12-16-2-4-17(5-3-16)13-32(29)30)19(20(31-22)21(24)28)11-8-15-6-9-18(23)10-7-15/h2-7,9-10,22,32H,8,11-13,23H2,1H3,(H2,24,28)(H,25,27). The lowest BCUT2D eigenvalue weighted by Gasteiger charge is -2.29. The van der Waals surface area contributed by atoms with Gasteiger partial charge < -0.3 is 21.7 Å². The molecule has 0 spiro atoms. The minimum atomic E-state index is -2.49. The lowest BCUT2D eigenvalue weighted by Crippen LogP contribution is -2.41. The van der Waals surface area contributed by atoms with Crippen LogP contribution < -0.4 is 16.8 Å². The molecule has 1 aliphatic heterocycles. The van der Waals surface area contributed by atoms with Crippen LogP contribution in [0, 0.1) is 0 Å². The van der Waals surface area contributed by atoms with E-state index in [1.54, 1.807) is 12.1 Å². The second kappa shape index (κ2) is 10.6. The molecular formula is C22H26N4O4S2. The molecule has 1 atom stereocenters. The predicted octanol–water partition coefficient (Wildman–Crippen LogP) is 1.68. The Morgan fingerprint density at radius 1 is 1.00 bits per heavy atom. The maximum atomic E-state index is 12.2. The summed E-state index contributed by atoms with van der Waals surface area (Å²) in [5.41, 5.74) is 15.1.